The number of rotatable bonds is 5. The second kappa shape index (κ2) is 8.38. The van der Waals surface area contributed by atoms with Crippen LogP contribution in [0.15, 0.2) is 55.4 Å². The van der Waals surface area contributed by atoms with E-state index in [1.165, 1.54) is 19.3 Å². The topological polar surface area (TPSA) is 74.1 Å². The van der Waals surface area contributed by atoms with E-state index in [9.17, 15) is 4.79 Å². The Hall–Kier alpha value is -2.80. The Morgan fingerprint density at radius 3 is 2.74 bits per heavy atom. The molecule has 3 aromatic heterocycles. The lowest BCUT2D eigenvalue weighted by molar-refractivity contribution is 0.337. The number of nitrogens with zero attached hydrogens (tertiary/aromatic N) is 3. The summed E-state index contributed by atoms with van der Waals surface area (Å²) in [7, 11) is 0. The largest absolute Gasteiger partial charge is 0.461 e. The molecule has 6 nitrogen and oxygen atoms in total. The normalized spacial score (nSPS) is 15.0. The van der Waals surface area contributed by atoms with Gasteiger partial charge in [0.15, 0.2) is 10.9 Å². The van der Waals surface area contributed by atoms with Gasteiger partial charge < -0.3 is 8.83 Å². The van der Waals surface area contributed by atoms with Gasteiger partial charge in [-0.1, -0.05) is 43.2 Å². The molecule has 1 aliphatic rings. The lowest BCUT2D eigenvalue weighted by atomic mass is 9.95. The summed E-state index contributed by atoms with van der Waals surface area (Å²) in [5, 5.41) is 10.8. The number of aromatic nitrogens is 3. The lowest BCUT2D eigenvalue weighted by Crippen LogP contribution is -2.15. The number of furan rings is 1. The van der Waals surface area contributed by atoms with Crippen molar-refractivity contribution in [1.29, 1.82) is 0 Å². The van der Waals surface area contributed by atoms with Gasteiger partial charge in [0.2, 0.25) is 5.82 Å². The fourth-order valence-corrected chi connectivity index (χ4v) is 5.40. The first-order chi connectivity index (χ1) is 15.1. The van der Waals surface area contributed by atoms with Crippen molar-refractivity contribution in [2.75, 3.05) is 0 Å². The molecule has 4 aromatic rings. The predicted octanol–water partition coefficient (Wildman–Crippen LogP) is 6.06. The molecular formula is C24H25N3O3S. The van der Waals surface area contributed by atoms with E-state index in [-0.39, 0.29) is 5.63 Å². The Kier molecular flexibility index (Phi) is 5.44. The molecule has 0 bridgehead atoms. The summed E-state index contributed by atoms with van der Waals surface area (Å²) in [5.41, 5.74) is 3.43. The molecule has 0 unspecified atom stereocenters. The summed E-state index contributed by atoms with van der Waals surface area (Å²) in [4.78, 5) is 12.2. The van der Waals surface area contributed by atoms with E-state index in [1.54, 1.807) is 24.1 Å². The maximum absolute atomic E-state index is 12.2. The van der Waals surface area contributed by atoms with Gasteiger partial charge in [-0.25, -0.2) is 4.79 Å². The first-order valence-electron chi connectivity index (χ1n) is 10.8. The zero-order valence-electron chi connectivity index (χ0n) is 17.8. The molecule has 1 fully saturated rings. The van der Waals surface area contributed by atoms with Gasteiger partial charge in [0, 0.05) is 23.2 Å². The van der Waals surface area contributed by atoms with Crippen LogP contribution in [0.3, 0.4) is 0 Å². The minimum atomic E-state index is -0.318. The van der Waals surface area contributed by atoms with Gasteiger partial charge in [0.05, 0.1) is 6.26 Å². The summed E-state index contributed by atoms with van der Waals surface area (Å²) >= 11 is 1.61. The summed E-state index contributed by atoms with van der Waals surface area (Å²) in [6.07, 6.45) is 7.62. The van der Waals surface area contributed by atoms with Crippen molar-refractivity contribution in [2.45, 2.75) is 62.9 Å². The molecule has 3 heterocycles. The van der Waals surface area contributed by atoms with Crippen molar-refractivity contribution in [3.63, 3.8) is 0 Å². The van der Waals surface area contributed by atoms with Crippen LogP contribution in [0.1, 0.15) is 54.8 Å². The molecule has 5 rings (SSSR count). The van der Waals surface area contributed by atoms with Crippen molar-refractivity contribution in [3.05, 3.63) is 63.7 Å². The fourth-order valence-electron chi connectivity index (χ4n) is 4.40. The van der Waals surface area contributed by atoms with Crippen molar-refractivity contribution in [1.82, 2.24) is 14.8 Å². The SMILES string of the molecule is Cc1ccc2c(CSc3nnc(-c4ccco4)n3C3CCCCC3)cc(=O)oc2c1C. The molecule has 0 atom stereocenters. The van der Waals surface area contributed by atoms with Gasteiger partial charge >= 0.3 is 5.63 Å². The van der Waals surface area contributed by atoms with E-state index >= 15 is 0 Å². The zero-order valence-corrected chi connectivity index (χ0v) is 18.6. The molecule has 0 saturated heterocycles. The maximum atomic E-state index is 12.2. The van der Waals surface area contributed by atoms with Gasteiger partial charge in [0.1, 0.15) is 5.58 Å². The molecule has 7 heteroatoms. The number of thioether (sulfide) groups is 1. The quantitative estimate of drug-likeness (QED) is 0.280. The number of aryl methyl sites for hydroxylation is 2. The standard InChI is InChI=1S/C24H25N3O3S/c1-15-10-11-19-17(13-21(28)30-22(19)16(15)2)14-31-24-26-25-23(20-9-6-12-29-20)27(24)18-7-4-3-5-8-18/h6,9-13,18H,3-5,7-8,14H2,1-2H3. The molecule has 31 heavy (non-hydrogen) atoms. The first kappa shape index (κ1) is 20.1. The van der Waals surface area contributed by atoms with Crippen molar-refractivity contribution in [2.24, 2.45) is 0 Å². The molecule has 0 radical (unpaired) electrons. The average Bonchev–Trinajstić information content (AvgIpc) is 3.45. The van der Waals surface area contributed by atoms with Crippen LogP contribution in [0, 0.1) is 13.8 Å². The van der Waals surface area contributed by atoms with Crippen LogP contribution in [-0.4, -0.2) is 14.8 Å². The van der Waals surface area contributed by atoms with Gasteiger partial charge in [-0.05, 0) is 55.5 Å². The summed E-state index contributed by atoms with van der Waals surface area (Å²) in [6.45, 7) is 4.02. The number of fused-ring (bicyclic) bond motifs is 1. The number of hydrogen-bond donors (Lipinski definition) is 0. The van der Waals surface area contributed by atoms with Crippen LogP contribution in [0.25, 0.3) is 22.6 Å². The Morgan fingerprint density at radius 1 is 1.13 bits per heavy atom. The van der Waals surface area contributed by atoms with Crippen molar-refractivity contribution < 1.29 is 8.83 Å². The van der Waals surface area contributed by atoms with Crippen LogP contribution >= 0.6 is 11.8 Å². The molecule has 0 aliphatic heterocycles. The fraction of sp³-hybridized carbons (Fsp3) is 0.375. The first-order valence-corrected chi connectivity index (χ1v) is 11.7. The van der Waals surface area contributed by atoms with E-state index in [1.807, 2.05) is 32.0 Å². The summed E-state index contributed by atoms with van der Waals surface area (Å²) in [6, 6.07) is 9.88. The monoisotopic (exact) mass is 435 g/mol. The van der Waals surface area contributed by atoms with Crippen LogP contribution in [0.4, 0.5) is 0 Å². The van der Waals surface area contributed by atoms with E-state index in [4.69, 9.17) is 8.83 Å². The van der Waals surface area contributed by atoms with E-state index in [0.717, 1.165) is 51.7 Å². The highest BCUT2D eigenvalue weighted by molar-refractivity contribution is 7.98. The summed E-state index contributed by atoms with van der Waals surface area (Å²) < 4.78 is 13.4. The minimum Gasteiger partial charge on any atom is -0.461 e. The Labute approximate surface area is 184 Å². The highest BCUT2D eigenvalue weighted by atomic mass is 32.2. The average molecular weight is 436 g/mol. The maximum Gasteiger partial charge on any atom is 0.336 e. The third-order valence-corrected chi connectivity index (χ3v) is 7.21. The third-order valence-electron chi connectivity index (χ3n) is 6.22. The molecule has 0 amide bonds. The molecule has 1 aromatic carbocycles. The van der Waals surface area contributed by atoms with Crippen LogP contribution in [0.2, 0.25) is 0 Å². The Balaban J connectivity index is 1.51. The van der Waals surface area contributed by atoms with E-state index in [0.29, 0.717) is 17.4 Å². The minimum absolute atomic E-state index is 0.318. The third kappa shape index (κ3) is 3.82. The second-order valence-electron chi connectivity index (χ2n) is 8.21. The number of benzene rings is 1. The highest BCUT2D eigenvalue weighted by Gasteiger charge is 2.25. The van der Waals surface area contributed by atoms with Crippen molar-refractivity contribution in [3.8, 4) is 11.6 Å². The van der Waals surface area contributed by atoms with Gasteiger partial charge in [-0.2, -0.15) is 0 Å². The highest BCUT2D eigenvalue weighted by Crippen LogP contribution is 2.37. The molecule has 1 saturated carbocycles. The van der Waals surface area contributed by atoms with Crippen LogP contribution in [-0.2, 0) is 5.75 Å². The molecule has 0 N–H and O–H groups in total. The number of hydrogen-bond acceptors (Lipinski definition) is 6. The van der Waals surface area contributed by atoms with Gasteiger partial charge in [-0.3, -0.25) is 4.57 Å². The van der Waals surface area contributed by atoms with Crippen LogP contribution in [0.5, 0.6) is 0 Å². The van der Waals surface area contributed by atoms with Gasteiger partial charge in [0.25, 0.3) is 0 Å². The van der Waals surface area contributed by atoms with Crippen molar-refractivity contribution >= 4 is 22.7 Å². The summed E-state index contributed by atoms with van der Waals surface area (Å²) in [5.74, 6) is 2.14. The molecule has 160 valence electrons. The van der Waals surface area contributed by atoms with E-state index < -0.39 is 0 Å². The Morgan fingerprint density at radius 2 is 1.97 bits per heavy atom. The smallest absolute Gasteiger partial charge is 0.336 e. The molecular weight excluding hydrogens is 410 g/mol. The lowest BCUT2D eigenvalue weighted by Gasteiger charge is -2.25. The zero-order chi connectivity index (χ0) is 21.4. The van der Waals surface area contributed by atoms with Crippen LogP contribution < -0.4 is 5.63 Å². The second-order valence-corrected chi connectivity index (χ2v) is 9.15. The van der Waals surface area contributed by atoms with E-state index in [2.05, 4.69) is 20.8 Å². The Bertz CT molecular complexity index is 1270. The molecule has 1 aliphatic carbocycles. The predicted molar refractivity (Wildman–Crippen MR) is 121 cm³/mol. The van der Waals surface area contributed by atoms with Gasteiger partial charge in [-0.15, -0.1) is 10.2 Å². The molecule has 0 spiro atoms.